The molecule has 0 saturated carbocycles. The van der Waals surface area contributed by atoms with Crippen molar-refractivity contribution in [3.63, 3.8) is 0 Å². The maximum atomic E-state index is 12.1. The molecule has 0 aliphatic heterocycles. The first-order valence-corrected chi connectivity index (χ1v) is 3.32. The standard InChI is InChI=1S/C8H5F3O2.Cs.H/c9-8(10,11)6-4-2-1-3-5(6)7(12)13;;/h1-4H,(H,12,13);;/q;+1;-1. The molecule has 6 heteroatoms. The Morgan fingerprint density at radius 1 is 1.29 bits per heavy atom. The summed E-state index contributed by atoms with van der Waals surface area (Å²) in [5.74, 6) is -1.58. The maximum absolute atomic E-state index is 12.1. The van der Waals surface area contributed by atoms with Crippen LogP contribution in [-0.4, -0.2) is 11.1 Å². The van der Waals surface area contributed by atoms with Gasteiger partial charge in [-0.2, -0.15) is 13.2 Å². The minimum absolute atomic E-state index is 0. The number of benzene rings is 1. The Hall–Kier alpha value is 0.532. The van der Waals surface area contributed by atoms with Crippen molar-refractivity contribution in [3.8, 4) is 0 Å². The molecule has 0 atom stereocenters. The van der Waals surface area contributed by atoms with Crippen molar-refractivity contribution >= 4 is 5.97 Å². The van der Waals surface area contributed by atoms with Gasteiger partial charge < -0.3 is 6.53 Å². The summed E-state index contributed by atoms with van der Waals surface area (Å²) >= 11 is 0. The third-order valence-electron chi connectivity index (χ3n) is 1.46. The van der Waals surface area contributed by atoms with Crippen LogP contribution in [0.15, 0.2) is 24.3 Å². The van der Waals surface area contributed by atoms with E-state index in [-0.39, 0.29) is 70.3 Å². The third-order valence-corrected chi connectivity index (χ3v) is 1.46. The van der Waals surface area contributed by atoms with Crippen molar-refractivity contribution < 1.29 is 93.4 Å². The van der Waals surface area contributed by atoms with Crippen LogP contribution in [-0.2, 0) is 6.18 Å². The molecule has 0 aromatic heterocycles. The molecule has 0 amide bonds. The average molecular weight is 324 g/mol. The first-order chi connectivity index (χ1) is 5.93. The summed E-state index contributed by atoms with van der Waals surface area (Å²) < 4.78 is 36.4. The smallest absolute Gasteiger partial charge is 1.00 e. The molecule has 14 heavy (non-hydrogen) atoms. The van der Waals surface area contributed by atoms with Crippen LogP contribution in [0.1, 0.15) is 17.3 Å². The van der Waals surface area contributed by atoms with Gasteiger partial charge in [-0.05, 0) is 12.1 Å². The number of carboxylic acid groups (broad SMARTS) is 1. The van der Waals surface area contributed by atoms with Crippen molar-refractivity contribution in [1.29, 1.82) is 0 Å². The number of aromatic carboxylic acids is 1. The largest absolute Gasteiger partial charge is 1.00 e. The van der Waals surface area contributed by atoms with E-state index in [0.29, 0.717) is 0 Å². The van der Waals surface area contributed by atoms with Crippen LogP contribution >= 0.6 is 0 Å². The number of carbonyl (C=O) groups is 1. The molecule has 1 aromatic carbocycles. The molecule has 2 nitrogen and oxygen atoms in total. The fourth-order valence-corrected chi connectivity index (χ4v) is 0.917. The molecular formula is C8H6CsF3O2. The van der Waals surface area contributed by atoms with E-state index in [9.17, 15) is 18.0 Å². The fraction of sp³-hybridized carbons (Fsp3) is 0.125. The maximum Gasteiger partial charge on any atom is 1.00 e. The Morgan fingerprint density at radius 2 is 1.79 bits per heavy atom. The molecule has 0 unspecified atom stereocenters. The monoisotopic (exact) mass is 324 g/mol. The van der Waals surface area contributed by atoms with Gasteiger partial charge in [0.1, 0.15) is 0 Å². The summed E-state index contributed by atoms with van der Waals surface area (Å²) in [7, 11) is 0. The molecule has 0 aliphatic carbocycles. The van der Waals surface area contributed by atoms with Crippen LogP contribution in [0, 0.1) is 0 Å². The van der Waals surface area contributed by atoms with Crippen LogP contribution in [0.3, 0.4) is 0 Å². The predicted molar refractivity (Wildman–Crippen MR) is 39.5 cm³/mol. The number of halogens is 3. The van der Waals surface area contributed by atoms with E-state index < -0.39 is 23.3 Å². The number of rotatable bonds is 1. The van der Waals surface area contributed by atoms with E-state index in [0.717, 1.165) is 18.2 Å². The third kappa shape index (κ3) is 3.59. The van der Waals surface area contributed by atoms with Crippen LogP contribution in [0.25, 0.3) is 0 Å². The first kappa shape index (κ1) is 14.5. The zero-order chi connectivity index (χ0) is 10.1. The van der Waals surface area contributed by atoms with E-state index in [1.54, 1.807) is 0 Å². The van der Waals surface area contributed by atoms with Gasteiger partial charge in [0, 0.05) is 0 Å². The Labute approximate surface area is 138 Å². The summed E-state index contributed by atoms with van der Waals surface area (Å²) in [5, 5.41) is 8.43. The van der Waals surface area contributed by atoms with Gasteiger partial charge in [-0.1, -0.05) is 12.1 Å². The van der Waals surface area contributed by atoms with Crippen molar-refractivity contribution in [1.82, 2.24) is 0 Å². The van der Waals surface area contributed by atoms with E-state index in [1.807, 2.05) is 0 Å². The normalized spacial score (nSPS) is 10.5. The topological polar surface area (TPSA) is 37.3 Å². The Morgan fingerprint density at radius 3 is 2.14 bits per heavy atom. The van der Waals surface area contributed by atoms with E-state index in [2.05, 4.69) is 0 Å². The predicted octanol–water partition coefficient (Wildman–Crippen LogP) is -0.480. The van der Waals surface area contributed by atoms with Gasteiger partial charge in [-0.25, -0.2) is 4.79 Å². The summed E-state index contributed by atoms with van der Waals surface area (Å²) in [5.41, 5.74) is -1.85. The second-order valence-electron chi connectivity index (χ2n) is 2.35. The zero-order valence-electron chi connectivity index (χ0n) is 8.30. The molecule has 1 rings (SSSR count). The fourth-order valence-electron chi connectivity index (χ4n) is 0.917. The van der Waals surface area contributed by atoms with E-state index >= 15 is 0 Å². The quantitative estimate of drug-likeness (QED) is 0.758. The Bertz CT molecular complexity index is 341. The summed E-state index contributed by atoms with van der Waals surface area (Å²) in [6.07, 6.45) is -4.62. The zero-order valence-corrected chi connectivity index (χ0v) is 13.6. The molecule has 1 aromatic rings. The SMILES string of the molecule is O=C(O)c1ccccc1C(F)(F)F.[Cs+].[H-]. The van der Waals surface area contributed by atoms with Gasteiger partial charge in [0.2, 0.25) is 0 Å². The van der Waals surface area contributed by atoms with Gasteiger partial charge >= 0.3 is 81.0 Å². The van der Waals surface area contributed by atoms with E-state index in [1.165, 1.54) is 6.07 Å². The molecular weight excluding hydrogens is 318 g/mol. The second kappa shape index (κ2) is 5.57. The van der Waals surface area contributed by atoms with Crippen molar-refractivity contribution in [2.45, 2.75) is 6.18 Å². The Kier molecular flexibility index (Phi) is 5.78. The summed E-state index contributed by atoms with van der Waals surface area (Å²) in [6.45, 7) is 0. The molecule has 0 radical (unpaired) electrons. The van der Waals surface area contributed by atoms with Crippen LogP contribution in [0.5, 0.6) is 0 Å². The minimum Gasteiger partial charge on any atom is -1.00 e. The van der Waals surface area contributed by atoms with Gasteiger partial charge in [-0.15, -0.1) is 0 Å². The van der Waals surface area contributed by atoms with Gasteiger partial charge in [0.05, 0.1) is 11.1 Å². The molecule has 1 N–H and O–H groups in total. The summed E-state index contributed by atoms with van der Waals surface area (Å²) in [6, 6.07) is 4.06. The summed E-state index contributed by atoms with van der Waals surface area (Å²) in [4.78, 5) is 10.4. The average Bonchev–Trinajstić information content (AvgIpc) is 2.03. The molecule has 0 saturated heterocycles. The molecule has 0 bridgehead atoms. The van der Waals surface area contributed by atoms with E-state index in [4.69, 9.17) is 5.11 Å². The number of alkyl halides is 3. The van der Waals surface area contributed by atoms with Gasteiger partial charge in [0.15, 0.2) is 0 Å². The number of hydrogen-bond acceptors (Lipinski definition) is 1. The molecule has 0 spiro atoms. The van der Waals surface area contributed by atoms with Gasteiger partial charge in [0.25, 0.3) is 0 Å². The van der Waals surface area contributed by atoms with Crippen LogP contribution in [0.2, 0.25) is 0 Å². The van der Waals surface area contributed by atoms with Crippen LogP contribution in [0.4, 0.5) is 13.2 Å². The molecule has 0 aliphatic rings. The van der Waals surface area contributed by atoms with Crippen LogP contribution < -0.4 is 68.9 Å². The second-order valence-corrected chi connectivity index (χ2v) is 2.35. The van der Waals surface area contributed by atoms with Gasteiger partial charge in [-0.3, -0.25) is 0 Å². The molecule has 0 heterocycles. The van der Waals surface area contributed by atoms with Crippen molar-refractivity contribution in [2.75, 3.05) is 0 Å². The number of carboxylic acids is 1. The first-order valence-electron chi connectivity index (χ1n) is 3.32. The molecule has 0 fully saturated rings. The molecule has 72 valence electrons. The number of hydrogen-bond donors (Lipinski definition) is 1. The van der Waals surface area contributed by atoms with Crippen molar-refractivity contribution in [3.05, 3.63) is 35.4 Å². The minimum atomic E-state index is -4.62. The van der Waals surface area contributed by atoms with Crippen molar-refractivity contribution in [2.24, 2.45) is 0 Å². The Balaban J connectivity index is 0.